The van der Waals surface area contributed by atoms with Crippen molar-refractivity contribution in [2.75, 3.05) is 0 Å². The van der Waals surface area contributed by atoms with Crippen molar-refractivity contribution in [3.8, 4) is 0 Å². The largest absolute Gasteiger partial charge is 0.271 e. The van der Waals surface area contributed by atoms with Crippen LogP contribution in [0.15, 0.2) is 22.7 Å². The Morgan fingerprint density at radius 2 is 2.30 bits per heavy atom. The highest BCUT2D eigenvalue weighted by Crippen LogP contribution is 2.27. The van der Waals surface area contributed by atoms with E-state index in [4.69, 9.17) is 5.84 Å². The quantitative estimate of drug-likeness (QED) is 0.614. The van der Waals surface area contributed by atoms with E-state index in [1.807, 2.05) is 0 Å². The van der Waals surface area contributed by atoms with Gasteiger partial charge in [0, 0.05) is 4.47 Å². The van der Waals surface area contributed by atoms with E-state index in [0.717, 1.165) is 33.4 Å². The van der Waals surface area contributed by atoms with Crippen LogP contribution in [0.25, 0.3) is 0 Å². The van der Waals surface area contributed by atoms with E-state index in [1.54, 1.807) is 6.07 Å². The van der Waals surface area contributed by atoms with E-state index in [2.05, 4.69) is 37.9 Å². The van der Waals surface area contributed by atoms with Crippen LogP contribution >= 0.6 is 27.5 Å². The first kappa shape index (κ1) is 15.5. The lowest BCUT2D eigenvalue weighted by Gasteiger charge is -2.16. The SMILES string of the molecule is CCCc1nnsc1C(Cc1ccc(F)cc1Br)NN. The van der Waals surface area contributed by atoms with Gasteiger partial charge in [-0.25, -0.2) is 4.39 Å². The van der Waals surface area contributed by atoms with Gasteiger partial charge in [0.15, 0.2) is 0 Å². The van der Waals surface area contributed by atoms with Gasteiger partial charge in [-0.15, -0.1) is 5.10 Å². The zero-order chi connectivity index (χ0) is 14.5. The molecule has 7 heteroatoms. The van der Waals surface area contributed by atoms with Crippen molar-refractivity contribution in [1.29, 1.82) is 0 Å². The van der Waals surface area contributed by atoms with Crippen molar-refractivity contribution in [3.63, 3.8) is 0 Å². The van der Waals surface area contributed by atoms with Gasteiger partial charge >= 0.3 is 0 Å². The monoisotopic (exact) mass is 358 g/mol. The first-order valence-electron chi connectivity index (χ1n) is 6.36. The number of hydrogen-bond acceptors (Lipinski definition) is 5. The summed E-state index contributed by atoms with van der Waals surface area (Å²) in [5.74, 6) is 5.41. The molecule has 3 N–H and O–H groups in total. The average Bonchev–Trinajstić information content (AvgIpc) is 2.87. The minimum absolute atomic E-state index is 0.0710. The first-order chi connectivity index (χ1) is 9.65. The molecular weight excluding hydrogens is 343 g/mol. The van der Waals surface area contributed by atoms with E-state index in [0.29, 0.717) is 6.42 Å². The lowest BCUT2D eigenvalue weighted by molar-refractivity contribution is 0.551. The Kier molecular flexibility index (Phi) is 5.59. The Morgan fingerprint density at radius 3 is 2.95 bits per heavy atom. The molecule has 0 saturated carbocycles. The molecule has 1 heterocycles. The van der Waals surface area contributed by atoms with Crippen LogP contribution in [-0.2, 0) is 12.8 Å². The van der Waals surface area contributed by atoms with Crippen molar-refractivity contribution in [3.05, 3.63) is 44.6 Å². The maximum atomic E-state index is 13.1. The van der Waals surface area contributed by atoms with E-state index >= 15 is 0 Å². The third-order valence-electron chi connectivity index (χ3n) is 3.03. The summed E-state index contributed by atoms with van der Waals surface area (Å²) in [6.07, 6.45) is 2.54. The van der Waals surface area contributed by atoms with Gasteiger partial charge in [0.2, 0.25) is 0 Å². The maximum Gasteiger partial charge on any atom is 0.124 e. The fourth-order valence-electron chi connectivity index (χ4n) is 2.02. The Labute approximate surface area is 129 Å². The fourth-order valence-corrected chi connectivity index (χ4v) is 3.29. The van der Waals surface area contributed by atoms with Gasteiger partial charge in [-0.3, -0.25) is 11.3 Å². The van der Waals surface area contributed by atoms with Crippen molar-refractivity contribution < 1.29 is 4.39 Å². The Balaban J connectivity index is 2.22. The van der Waals surface area contributed by atoms with Crippen molar-refractivity contribution >= 4 is 27.5 Å². The van der Waals surface area contributed by atoms with E-state index in [9.17, 15) is 4.39 Å². The second-order valence-electron chi connectivity index (χ2n) is 4.49. The molecule has 2 aromatic rings. The van der Waals surface area contributed by atoms with Gasteiger partial charge in [-0.05, 0) is 42.1 Å². The topological polar surface area (TPSA) is 63.8 Å². The van der Waals surface area contributed by atoms with Crippen LogP contribution in [0, 0.1) is 5.82 Å². The molecule has 2 rings (SSSR count). The predicted octanol–water partition coefficient (Wildman–Crippen LogP) is 3.14. The zero-order valence-corrected chi connectivity index (χ0v) is 13.5. The van der Waals surface area contributed by atoms with Crippen LogP contribution in [0.1, 0.15) is 35.5 Å². The van der Waals surface area contributed by atoms with Crippen LogP contribution in [0.3, 0.4) is 0 Å². The van der Waals surface area contributed by atoms with Gasteiger partial charge in [0.25, 0.3) is 0 Å². The van der Waals surface area contributed by atoms with Crippen LogP contribution in [-0.4, -0.2) is 9.59 Å². The molecule has 0 radical (unpaired) electrons. The highest BCUT2D eigenvalue weighted by molar-refractivity contribution is 9.10. The number of aryl methyl sites for hydroxylation is 1. The van der Waals surface area contributed by atoms with Crippen LogP contribution < -0.4 is 11.3 Å². The minimum Gasteiger partial charge on any atom is -0.271 e. The lowest BCUT2D eigenvalue weighted by atomic mass is 10.0. The summed E-state index contributed by atoms with van der Waals surface area (Å²) in [4.78, 5) is 1.05. The molecule has 4 nitrogen and oxygen atoms in total. The van der Waals surface area contributed by atoms with Crippen molar-refractivity contribution in [2.24, 2.45) is 5.84 Å². The second kappa shape index (κ2) is 7.21. The van der Waals surface area contributed by atoms with Crippen molar-refractivity contribution in [2.45, 2.75) is 32.2 Å². The summed E-state index contributed by atoms with van der Waals surface area (Å²) in [6, 6.07) is 4.60. The fraction of sp³-hybridized carbons (Fsp3) is 0.385. The van der Waals surface area contributed by atoms with E-state index in [1.165, 1.54) is 23.7 Å². The molecule has 1 aromatic heterocycles. The molecule has 0 aliphatic carbocycles. The number of hydrazine groups is 1. The third kappa shape index (κ3) is 3.60. The number of hydrogen-bond donors (Lipinski definition) is 2. The molecular formula is C13H16BrFN4S. The zero-order valence-electron chi connectivity index (χ0n) is 11.1. The molecule has 1 unspecified atom stereocenters. The number of halogens is 2. The molecule has 20 heavy (non-hydrogen) atoms. The van der Waals surface area contributed by atoms with Crippen molar-refractivity contribution in [1.82, 2.24) is 15.0 Å². The lowest BCUT2D eigenvalue weighted by Crippen LogP contribution is -2.29. The number of aromatic nitrogens is 2. The predicted molar refractivity (Wildman–Crippen MR) is 81.8 cm³/mol. The molecule has 0 spiro atoms. The number of nitrogens with one attached hydrogen (secondary N) is 1. The van der Waals surface area contributed by atoms with Gasteiger partial charge in [0.05, 0.1) is 16.6 Å². The smallest absolute Gasteiger partial charge is 0.124 e. The van der Waals surface area contributed by atoms with E-state index < -0.39 is 0 Å². The van der Waals surface area contributed by atoms with Gasteiger partial charge < -0.3 is 0 Å². The molecule has 0 fully saturated rings. The summed E-state index contributed by atoms with van der Waals surface area (Å²) in [6.45, 7) is 2.10. The maximum absolute atomic E-state index is 13.1. The summed E-state index contributed by atoms with van der Waals surface area (Å²) < 4.78 is 17.9. The summed E-state index contributed by atoms with van der Waals surface area (Å²) in [7, 11) is 0. The van der Waals surface area contributed by atoms with Crippen LogP contribution in [0.2, 0.25) is 0 Å². The second-order valence-corrected chi connectivity index (χ2v) is 6.13. The molecule has 0 bridgehead atoms. The summed E-state index contributed by atoms with van der Waals surface area (Å²) in [5.41, 5.74) is 4.79. The number of nitrogens with zero attached hydrogens (tertiary/aromatic N) is 2. The normalized spacial score (nSPS) is 12.6. The van der Waals surface area contributed by atoms with Gasteiger partial charge in [0.1, 0.15) is 5.82 Å². The molecule has 0 aliphatic heterocycles. The van der Waals surface area contributed by atoms with E-state index in [-0.39, 0.29) is 11.9 Å². The van der Waals surface area contributed by atoms with Gasteiger partial charge in [-0.1, -0.05) is 39.8 Å². The number of nitrogens with two attached hydrogens (primary N) is 1. The number of benzene rings is 1. The average molecular weight is 359 g/mol. The molecule has 108 valence electrons. The molecule has 0 amide bonds. The summed E-state index contributed by atoms with van der Waals surface area (Å²) in [5, 5.41) is 4.15. The molecule has 1 aromatic carbocycles. The number of rotatable bonds is 6. The Morgan fingerprint density at radius 1 is 1.50 bits per heavy atom. The van der Waals surface area contributed by atoms with Crippen LogP contribution in [0.4, 0.5) is 4.39 Å². The summed E-state index contributed by atoms with van der Waals surface area (Å²) >= 11 is 4.74. The third-order valence-corrected chi connectivity index (χ3v) is 4.65. The standard InChI is InChI=1S/C13H16BrFN4S/c1-2-3-11-13(20-19-18-11)12(17-16)6-8-4-5-9(15)7-10(8)14/h4-5,7,12,17H,2-3,6,16H2,1H3. The first-order valence-corrected chi connectivity index (χ1v) is 7.93. The molecule has 0 aliphatic rings. The highest BCUT2D eigenvalue weighted by atomic mass is 79.9. The Hall–Kier alpha value is -0.890. The highest BCUT2D eigenvalue weighted by Gasteiger charge is 2.19. The minimum atomic E-state index is -0.260. The molecule has 0 saturated heterocycles. The van der Waals surface area contributed by atoms with Gasteiger partial charge in [-0.2, -0.15) is 0 Å². The Bertz CT molecular complexity index is 575. The molecule has 1 atom stereocenters. The van der Waals surface area contributed by atoms with Crippen LogP contribution in [0.5, 0.6) is 0 Å².